The first-order valence-corrected chi connectivity index (χ1v) is 8.01. The van der Waals surface area contributed by atoms with Crippen LogP contribution in [0.1, 0.15) is 16.2 Å². The van der Waals surface area contributed by atoms with Gasteiger partial charge in [-0.2, -0.15) is 5.10 Å². The number of benzene rings is 1. The third-order valence-electron chi connectivity index (χ3n) is 4.05. The lowest BCUT2D eigenvalue weighted by Gasteiger charge is -2.06. The van der Waals surface area contributed by atoms with Gasteiger partial charge in [0.1, 0.15) is 5.75 Å². The SMILES string of the molecule is COc1ccc(-c2[nH]ncc2C(=O)NCc2nnc3ccccn23)cc1. The van der Waals surface area contributed by atoms with Crippen molar-refractivity contribution in [3.63, 3.8) is 0 Å². The Hall–Kier alpha value is -3.68. The van der Waals surface area contributed by atoms with Crippen molar-refractivity contribution in [3.8, 4) is 17.0 Å². The smallest absolute Gasteiger partial charge is 0.255 e. The molecule has 0 bridgehead atoms. The van der Waals surface area contributed by atoms with E-state index < -0.39 is 0 Å². The van der Waals surface area contributed by atoms with Gasteiger partial charge in [0.15, 0.2) is 11.5 Å². The molecule has 0 fully saturated rings. The van der Waals surface area contributed by atoms with Crippen LogP contribution in [0.15, 0.2) is 54.9 Å². The number of hydrogen-bond donors (Lipinski definition) is 2. The fourth-order valence-corrected chi connectivity index (χ4v) is 2.70. The molecule has 0 spiro atoms. The molecule has 3 heterocycles. The number of H-pyrrole nitrogens is 1. The average molecular weight is 348 g/mol. The topological polar surface area (TPSA) is 97.2 Å². The number of fused-ring (bicyclic) bond motifs is 1. The Labute approximate surface area is 148 Å². The summed E-state index contributed by atoms with van der Waals surface area (Å²) in [6.45, 7) is 0.261. The Kier molecular flexibility index (Phi) is 4.06. The molecule has 3 aromatic heterocycles. The number of aromatic nitrogens is 5. The molecule has 4 rings (SSSR count). The van der Waals surface area contributed by atoms with Gasteiger partial charge in [0, 0.05) is 11.8 Å². The number of carbonyl (C=O) groups excluding carboxylic acids is 1. The number of aromatic amines is 1. The van der Waals surface area contributed by atoms with E-state index >= 15 is 0 Å². The van der Waals surface area contributed by atoms with Gasteiger partial charge in [-0.25, -0.2) is 0 Å². The molecule has 130 valence electrons. The number of hydrogen-bond acceptors (Lipinski definition) is 5. The van der Waals surface area contributed by atoms with E-state index in [1.165, 1.54) is 6.20 Å². The van der Waals surface area contributed by atoms with Crippen molar-refractivity contribution in [2.45, 2.75) is 6.54 Å². The molecule has 8 heteroatoms. The molecule has 0 radical (unpaired) electrons. The first-order chi connectivity index (χ1) is 12.8. The van der Waals surface area contributed by atoms with Gasteiger partial charge in [-0.15, -0.1) is 10.2 Å². The zero-order valence-corrected chi connectivity index (χ0v) is 14.0. The van der Waals surface area contributed by atoms with Crippen LogP contribution in [0.4, 0.5) is 0 Å². The van der Waals surface area contributed by atoms with E-state index in [9.17, 15) is 4.79 Å². The molecule has 0 aliphatic rings. The van der Waals surface area contributed by atoms with Gasteiger partial charge in [-0.3, -0.25) is 14.3 Å². The van der Waals surface area contributed by atoms with Crippen LogP contribution in [0.5, 0.6) is 5.75 Å². The second-order valence-corrected chi connectivity index (χ2v) is 5.61. The molecule has 1 aromatic carbocycles. The second-order valence-electron chi connectivity index (χ2n) is 5.61. The van der Waals surface area contributed by atoms with Crippen molar-refractivity contribution < 1.29 is 9.53 Å². The molecule has 1 amide bonds. The first kappa shape index (κ1) is 15.8. The maximum Gasteiger partial charge on any atom is 0.255 e. The summed E-state index contributed by atoms with van der Waals surface area (Å²) >= 11 is 0. The van der Waals surface area contributed by atoms with E-state index in [0.717, 1.165) is 17.0 Å². The molecule has 0 aliphatic heterocycles. The van der Waals surface area contributed by atoms with Gasteiger partial charge >= 0.3 is 0 Å². The van der Waals surface area contributed by atoms with E-state index in [0.29, 0.717) is 17.1 Å². The minimum absolute atomic E-state index is 0.239. The highest BCUT2D eigenvalue weighted by molar-refractivity contribution is 5.99. The predicted octanol–water partition coefficient (Wildman–Crippen LogP) is 2.06. The lowest BCUT2D eigenvalue weighted by molar-refractivity contribution is 0.0950. The molecule has 0 aliphatic carbocycles. The van der Waals surface area contributed by atoms with Gasteiger partial charge in [-0.05, 0) is 36.4 Å². The van der Waals surface area contributed by atoms with Gasteiger partial charge in [0.25, 0.3) is 5.91 Å². The highest BCUT2D eigenvalue weighted by atomic mass is 16.5. The van der Waals surface area contributed by atoms with E-state index in [2.05, 4.69) is 25.7 Å². The summed E-state index contributed by atoms with van der Waals surface area (Å²) in [5, 5.41) is 17.9. The van der Waals surface area contributed by atoms with Crippen LogP contribution in [-0.2, 0) is 6.54 Å². The van der Waals surface area contributed by atoms with Crippen LogP contribution in [-0.4, -0.2) is 37.8 Å². The van der Waals surface area contributed by atoms with Crippen LogP contribution < -0.4 is 10.1 Å². The fourth-order valence-electron chi connectivity index (χ4n) is 2.70. The Morgan fingerprint density at radius 2 is 2.04 bits per heavy atom. The Balaban J connectivity index is 1.53. The molecular weight excluding hydrogens is 332 g/mol. The number of pyridine rings is 1. The van der Waals surface area contributed by atoms with Crippen LogP contribution in [0.2, 0.25) is 0 Å². The van der Waals surface area contributed by atoms with E-state index in [-0.39, 0.29) is 12.5 Å². The predicted molar refractivity (Wildman–Crippen MR) is 94.7 cm³/mol. The first-order valence-electron chi connectivity index (χ1n) is 8.01. The number of methoxy groups -OCH3 is 1. The molecular formula is C18H16N6O2. The van der Waals surface area contributed by atoms with Crippen molar-refractivity contribution in [2.75, 3.05) is 7.11 Å². The molecule has 26 heavy (non-hydrogen) atoms. The maximum atomic E-state index is 12.6. The van der Waals surface area contributed by atoms with E-state index in [1.807, 2.05) is 53.1 Å². The number of carbonyl (C=O) groups is 1. The van der Waals surface area contributed by atoms with Crippen molar-refractivity contribution >= 4 is 11.6 Å². The number of rotatable bonds is 5. The zero-order chi connectivity index (χ0) is 17.9. The normalized spacial score (nSPS) is 10.8. The van der Waals surface area contributed by atoms with Gasteiger partial charge < -0.3 is 10.1 Å². The average Bonchev–Trinajstić information content (AvgIpc) is 3.33. The lowest BCUT2D eigenvalue weighted by Crippen LogP contribution is -2.24. The highest BCUT2D eigenvalue weighted by Crippen LogP contribution is 2.23. The van der Waals surface area contributed by atoms with Crippen molar-refractivity contribution in [3.05, 3.63) is 66.2 Å². The quantitative estimate of drug-likeness (QED) is 0.575. The summed E-state index contributed by atoms with van der Waals surface area (Å²) in [5.41, 5.74) is 2.70. The van der Waals surface area contributed by atoms with Crippen molar-refractivity contribution in [1.82, 2.24) is 30.1 Å². The standard InChI is InChI=1S/C18H16N6O2/c1-26-13-7-5-12(6-8-13)17-14(10-20-23-17)18(25)19-11-16-22-21-15-4-2-3-9-24(15)16/h2-10H,11H2,1H3,(H,19,25)(H,20,23). The van der Waals surface area contributed by atoms with Gasteiger partial charge in [0.2, 0.25) is 0 Å². The van der Waals surface area contributed by atoms with Crippen molar-refractivity contribution in [1.29, 1.82) is 0 Å². The monoisotopic (exact) mass is 348 g/mol. The number of nitrogens with one attached hydrogen (secondary N) is 2. The van der Waals surface area contributed by atoms with Gasteiger partial charge in [0.05, 0.1) is 31.1 Å². The van der Waals surface area contributed by atoms with Crippen LogP contribution in [0.25, 0.3) is 16.9 Å². The van der Waals surface area contributed by atoms with E-state index in [4.69, 9.17) is 4.74 Å². The Morgan fingerprint density at radius 3 is 2.85 bits per heavy atom. The minimum Gasteiger partial charge on any atom is -0.497 e. The molecule has 0 unspecified atom stereocenters. The molecule has 8 nitrogen and oxygen atoms in total. The molecule has 2 N–H and O–H groups in total. The van der Waals surface area contributed by atoms with E-state index in [1.54, 1.807) is 7.11 Å². The molecule has 0 saturated carbocycles. The maximum absolute atomic E-state index is 12.6. The Morgan fingerprint density at radius 1 is 1.19 bits per heavy atom. The van der Waals surface area contributed by atoms with Crippen molar-refractivity contribution in [2.24, 2.45) is 0 Å². The largest absolute Gasteiger partial charge is 0.497 e. The summed E-state index contributed by atoms with van der Waals surface area (Å²) in [5.74, 6) is 1.17. The second kappa shape index (κ2) is 6.67. The summed E-state index contributed by atoms with van der Waals surface area (Å²) in [4.78, 5) is 12.6. The molecule has 4 aromatic rings. The summed E-state index contributed by atoms with van der Waals surface area (Å²) in [6.07, 6.45) is 3.37. The number of amides is 1. The number of ether oxygens (including phenoxy) is 1. The fraction of sp³-hybridized carbons (Fsp3) is 0.111. The van der Waals surface area contributed by atoms with Crippen LogP contribution in [0.3, 0.4) is 0 Å². The van der Waals surface area contributed by atoms with Crippen LogP contribution >= 0.6 is 0 Å². The highest BCUT2D eigenvalue weighted by Gasteiger charge is 2.16. The van der Waals surface area contributed by atoms with Gasteiger partial charge in [-0.1, -0.05) is 6.07 Å². The number of nitrogens with zero attached hydrogens (tertiary/aromatic N) is 4. The summed E-state index contributed by atoms with van der Waals surface area (Å²) in [6, 6.07) is 13.0. The minimum atomic E-state index is -0.239. The van der Waals surface area contributed by atoms with Crippen LogP contribution in [0, 0.1) is 0 Å². The molecule has 0 atom stereocenters. The Bertz CT molecular complexity index is 1050. The lowest BCUT2D eigenvalue weighted by atomic mass is 10.1. The summed E-state index contributed by atoms with van der Waals surface area (Å²) < 4.78 is 6.99. The summed E-state index contributed by atoms with van der Waals surface area (Å²) in [7, 11) is 1.61. The molecule has 0 saturated heterocycles. The zero-order valence-electron chi connectivity index (χ0n) is 14.0. The third kappa shape index (κ3) is 2.88. The third-order valence-corrected chi connectivity index (χ3v) is 4.05.